The predicted octanol–water partition coefficient (Wildman–Crippen LogP) is 2.86. The van der Waals surface area contributed by atoms with E-state index < -0.39 is 0 Å². The molecular formula is C18H18ClNO4. The molecule has 2 aliphatic heterocycles. The van der Waals surface area contributed by atoms with Crippen molar-refractivity contribution in [2.45, 2.75) is 25.3 Å². The summed E-state index contributed by atoms with van der Waals surface area (Å²) in [6.45, 7) is 1.63. The van der Waals surface area contributed by atoms with Crippen LogP contribution in [0, 0.1) is 0 Å². The Morgan fingerprint density at radius 3 is 2.33 bits per heavy atom. The average molecular weight is 348 g/mol. The van der Waals surface area contributed by atoms with Crippen LogP contribution >= 0.6 is 11.6 Å². The number of phenols is 4. The molecule has 24 heavy (non-hydrogen) atoms. The van der Waals surface area contributed by atoms with Gasteiger partial charge in [0.15, 0.2) is 23.0 Å². The maximum atomic E-state index is 9.90. The molecule has 0 saturated carbocycles. The number of nitrogens with zero attached hydrogens (tertiary/aromatic N) is 1. The number of phenolic OH excluding ortho intramolecular Hbond substituents is 4. The molecule has 2 aromatic carbocycles. The second kappa shape index (κ2) is 5.46. The summed E-state index contributed by atoms with van der Waals surface area (Å²) in [5.41, 5.74) is 3.80. The van der Waals surface area contributed by atoms with Gasteiger partial charge >= 0.3 is 0 Å². The monoisotopic (exact) mass is 347 g/mol. The van der Waals surface area contributed by atoms with Gasteiger partial charge in [-0.25, -0.2) is 0 Å². The second-order valence-electron chi connectivity index (χ2n) is 6.49. The standard InChI is InChI=1S/C18H18ClNO4/c19-17-11-2-4-20-3-1-9-6-14(21)15(22)8-12(9)13(20)5-10(11)7-16(23)18(17)24/h6-8,13,21-24H,1-5H2. The van der Waals surface area contributed by atoms with Gasteiger partial charge < -0.3 is 20.4 Å². The summed E-state index contributed by atoms with van der Waals surface area (Å²) in [6, 6.07) is 4.89. The molecule has 0 radical (unpaired) electrons. The minimum Gasteiger partial charge on any atom is -0.504 e. The highest BCUT2D eigenvalue weighted by Gasteiger charge is 2.32. The first-order valence-corrected chi connectivity index (χ1v) is 8.34. The molecule has 0 fully saturated rings. The lowest BCUT2D eigenvalue weighted by atomic mass is 9.88. The van der Waals surface area contributed by atoms with Crippen molar-refractivity contribution in [2.24, 2.45) is 0 Å². The van der Waals surface area contributed by atoms with E-state index in [1.54, 1.807) is 18.2 Å². The molecule has 0 bridgehead atoms. The number of halogens is 1. The molecule has 0 saturated heterocycles. The summed E-state index contributed by atoms with van der Waals surface area (Å²) in [4.78, 5) is 2.32. The van der Waals surface area contributed by atoms with Gasteiger partial charge in [-0.3, -0.25) is 4.90 Å². The molecule has 0 aromatic heterocycles. The third-order valence-electron chi connectivity index (χ3n) is 5.18. The fraction of sp³-hybridized carbons (Fsp3) is 0.333. The van der Waals surface area contributed by atoms with Crippen molar-refractivity contribution in [1.82, 2.24) is 4.90 Å². The van der Waals surface area contributed by atoms with Crippen LogP contribution in [0.3, 0.4) is 0 Å². The third kappa shape index (κ3) is 2.27. The molecule has 5 nitrogen and oxygen atoms in total. The summed E-state index contributed by atoms with van der Waals surface area (Å²) in [5.74, 6) is -0.691. The van der Waals surface area contributed by atoms with Crippen LogP contribution in [0.15, 0.2) is 18.2 Å². The van der Waals surface area contributed by atoms with Gasteiger partial charge in [0.25, 0.3) is 0 Å². The van der Waals surface area contributed by atoms with Crippen molar-refractivity contribution in [3.63, 3.8) is 0 Å². The van der Waals surface area contributed by atoms with Crippen molar-refractivity contribution in [1.29, 1.82) is 0 Å². The smallest absolute Gasteiger partial charge is 0.176 e. The topological polar surface area (TPSA) is 84.2 Å². The van der Waals surface area contributed by atoms with E-state index in [1.165, 1.54) is 0 Å². The molecule has 0 spiro atoms. The molecule has 4 rings (SSSR count). The summed E-state index contributed by atoms with van der Waals surface area (Å²) < 4.78 is 0. The third-order valence-corrected chi connectivity index (χ3v) is 5.59. The molecule has 1 unspecified atom stereocenters. The Morgan fingerprint density at radius 1 is 0.875 bits per heavy atom. The Kier molecular flexibility index (Phi) is 3.51. The summed E-state index contributed by atoms with van der Waals surface area (Å²) in [6.07, 6.45) is 2.12. The quantitative estimate of drug-likeness (QED) is 0.551. The van der Waals surface area contributed by atoms with Crippen molar-refractivity contribution in [3.05, 3.63) is 45.5 Å². The maximum Gasteiger partial charge on any atom is 0.176 e. The summed E-state index contributed by atoms with van der Waals surface area (Å²) in [7, 11) is 0. The zero-order valence-corrected chi connectivity index (χ0v) is 13.7. The molecule has 6 heteroatoms. The van der Waals surface area contributed by atoms with Crippen molar-refractivity contribution in [3.8, 4) is 23.0 Å². The van der Waals surface area contributed by atoms with Gasteiger partial charge in [0.1, 0.15) is 0 Å². The van der Waals surface area contributed by atoms with Crippen LogP contribution in [-0.4, -0.2) is 38.4 Å². The van der Waals surface area contributed by atoms with Gasteiger partial charge in [0.05, 0.1) is 5.02 Å². The van der Waals surface area contributed by atoms with E-state index in [-0.39, 0.29) is 34.1 Å². The lowest BCUT2D eigenvalue weighted by Crippen LogP contribution is -2.36. The van der Waals surface area contributed by atoms with Gasteiger partial charge in [-0.15, -0.1) is 0 Å². The first-order valence-electron chi connectivity index (χ1n) is 7.96. The zero-order chi connectivity index (χ0) is 17.0. The van der Waals surface area contributed by atoms with E-state index in [4.69, 9.17) is 11.6 Å². The maximum absolute atomic E-state index is 9.90. The van der Waals surface area contributed by atoms with Gasteiger partial charge in [-0.2, -0.15) is 0 Å². The highest BCUT2D eigenvalue weighted by molar-refractivity contribution is 6.33. The van der Waals surface area contributed by atoms with E-state index >= 15 is 0 Å². The molecule has 1 atom stereocenters. The average Bonchev–Trinajstić information content (AvgIpc) is 2.73. The van der Waals surface area contributed by atoms with Gasteiger partial charge in [0, 0.05) is 19.1 Å². The lowest BCUT2D eigenvalue weighted by molar-refractivity contribution is 0.191. The zero-order valence-electron chi connectivity index (χ0n) is 13.0. The Bertz CT molecular complexity index is 836. The Hall–Kier alpha value is -2.11. The van der Waals surface area contributed by atoms with E-state index in [9.17, 15) is 20.4 Å². The lowest BCUT2D eigenvalue weighted by Gasteiger charge is -2.36. The minimum atomic E-state index is -0.266. The fourth-order valence-corrected chi connectivity index (χ4v) is 4.23. The summed E-state index contributed by atoms with van der Waals surface area (Å²) >= 11 is 6.23. The van der Waals surface area contributed by atoms with Crippen LogP contribution < -0.4 is 0 Å². The minimum absolute atomic E-state index is 0.0431. The van der Waals surface area contributed by atoms with Crippen LogP contribution in [0.1, 0.15) is 28.3 Å². The Morgan fingerprint density at radius 2 is 1.54 bits per heavy atom. The highest BCUT2D eigenvalue weighted by Crippen LogP contribution is 2.44. The SMILES string of the molecule is Oc1cc2c(cc1O)C1Cc3cc(O)c(O)c(Cl)c3CCN1CC2. The van der Waals surface area contributed by atoms with Crippen molar-refractivity contribution < 1.29 is 20.4 Å². The molecular weight excluding hydrogens is 330 g/mol. The number of hydrogen-bond donors (Lipinski definition) is 4. The van der Waals surface area contributed by atoms with Crippen LogP contribution in [0.5, 0.6) is 23.0 Å². The largest absolute Gasteiger partial charge is 0.504 e. The number of rotatable bonds is 0. The fourth-order valence-electron chi connectivity index (χ4n) is 3.92. The number of fused-ring (bicyclic) bond motifs is 4. The first-order chi connectivity index (χ1) is 11.5. The first kappa shape index (κ1) is 15.4. The Labute approximate surface area is 144 Å². The molecule has 2 heterocycles. The predicted molar refractivity (Wildman–Crippen MR) is 90.0 cm³/mol. The van der Waals surface area contributed by atoms with Gasteiger partial charge in [-0.05, 0) is 59.7 Å². The molecule has 4 N–H and O–H groups in total. The van der Waals surface area contributed by atoms with Crippen LogP contribution in [0.2, 0.25) is 5.02 Å². The van der Waals surface area contributed by atoms with Crippen LogP contribution in [0.4, 0.5) is 0 Å². The van der Waals surface area contributed by atoms with E-state index in [0.29, 0.717) is 12.8 Å². The normalized spacial score (nSPS) is 20.0. The van der Waals surface area contributed by atoms with Crippen molar-refractivity contribution >= 4 is 11.6 Å². The molecule has 2 aromatic rings. The van der Waals surface area contributed by atoms with E-state index in [0.717, 1.165) is 41.8 Å². The number of aromatic hydroxyl groups is 4. The van der Waals surface area contributed by atoms with Gasteiger partial charge in [0.2, 0.25) is 0 Å². The number of hydrogen-bond acceptors (Lipinski definition) is 5. The second-order valence-corrected chi connectivity index (χ2v) is 6.87. The van der Waals surface area contributed by atoms with E-state index in [2.05, 4.69) is 4.90 Å². The van der Waals surface area contributed by atoms with Crippen molar-refractivity contribution in [2.75, 3.05) is 13.1 Å². The van der Waals surface area contributed by atoms with E-state index in [1.807, 2.05) is 0 Å². The molecule has 126 valence electrons. The molecule has 0 amide bonds. The Balaban J connectivity index is 1.82. The van der Waals surface area contributed by atoms with Gasteiger partial charge in [-0.1, -0.05) is 11.6 Å². The summed E-state index contributed by atoms with van der Waals surface area (Å²) in [5, 5.41) is 39.6. The molecule has 0 aliphatic carbocycles. The van der Waals surface area contributed by atoms with Crippen LogP contribution in [0.25, 0.3) is 0 Å². The van der Waals surface area contributed by atoms with Crippen LogP contribution in [-0.2, 0) is 19.3 Å². The molecule has 2 aliphatic rings. The number of benzene rings is 2. The highest BCUT2D eigenvalue weighted by atomic mass is 35.5.